The maximum absolute atomic E-state index is 12.2. The van der Waals surface area contributed by atoms with Crippen molar-refractivity contribution in [1.29, 1.82) is 0 Å². The molecule has 22 heavy (non-hydrogen) atoms. The fraction of sp³-hybridized carbons (Fsp3) is 0. The van der Waals surface area contributed by atoms with Gasteiger partial charge in [-0.15, -0.1) is 5.10 Å². The van der Waals surface area contributed by atoms with Gasteiger partial charge in [0.25, 0.3) is 11.6 Å². The minimum Gasteiger partial charge on any atom is -0.267 e. The Morgan fingerprint density at radius 2 is 2.00 bits per heavy atom. The molecule has 0 fully saturated rings. The second-order valence-corrected chi connectivity index (χ2v) is 4.51. The van der Waals surface area contributed by atoms with Crippen LogP contribution < -0.4 is 0 Å². The molecule has 0 aliphatic heterocycles. The molecule has 1 heterocycles. The first-order valence-electron chi connectivity index (χ1n) is 6.42. The van der Waals surface area contributed by atoms with Gasteiger partial charge in [-0.1, -0.05) is 29.5 Å². The smallest absolute Gasteiger partial charge is 0.267 e. The van der Waals surface area contributed by atoms with Crippen LogP contribution in [-0.2, 0) is 0 Å². The lowest BCUT2D eigenvalue weighted by Gasteiger charge is -1.96. The molecule has 3 aromatic rings. The highest BCUT2D eigenvalue weighted by Crippen LogP contribution is 2.15. The normalized spacial score (nSPS) is 11.1. The van der Waals surface area contributed by atoms with Crippen molar-refractivity contribution < 1.29 is 9.72 Å². The second kappa shape index (κ2) is 5.57. The first-order valence-corrected chi connectivity index (χ1v) is 6.42. The van der Waals surface area contributed by atoms with Gasteiger partial charge in [-0.3, -0.25) is 14.9 Å². The van der Waals surface area contributed by atoms with Crippen LogP contribution in [0.2, 0.25) is 0 Å². The largest absolute Gasteiger partial charge is 0.272 e. The van der Waals surface area contributed by atoms with E-state index in [1.807, 2.05) is 6.07 Å². The van der Waals surface area contributed by atoms with Crippen LogP contribution >= 0.6 is 0 Å². The second-order valence-electron chi connectivity index (χ2n) is 4.51. The SMILES string of the molecule is O=C(/C=C/c1cccc([N+](=O)[O-])c1)n1nnc2ccccc21. The lowest BCUT2D eigenvalue weighted by molar-refractivity contribution is -0.384. The number of non-ortho nitro benzene ring substituents is 1. The van der Waals surface area contributed by atoms with Crippen LogP contribution in [0.1, 0.15) is 10.4 Å². The van der Waals surface area contributed by atoms with Gasteiger partial charge in [-0.25, -0.2) is 0 Å². The number of nitro benzene ring substituents is 1. The maximum Gasteiger partial charge on any atom is 0.272 e. The van der Waals surface area contributed by atoms with E-state index < -0.39 is 4.92 Å². The van der Waals surface area contributed by atoms with E-state index in [-0.39, 0.29) is 11.6 Å². The molecule has 108 valence electrons. The lowest BCUT2D eigenvalue weighted by atomic mass is 10.2. The third kappa shape index (κ3) is 2.59. The molecule has 1 aromatic heterocycles. The zero-order chi connectivity index (χ0) is 15.5. The van der Waals surface area contributed by atoms with E-state index in [9.17, 15) is 14.9 Å². The number of carbonyl (C=O) groups is 1. The van der Waals surface area contributed by atoms with E-state index in [1.54, 1.807) is 30.3 Å². The Balaban J connectivity index is 1.88. The highest BCUT2D eigenvalue weighted by molar-refractivity contribution is 5.98. The Kier molecular flexibility index (Phi) is 3.45. The molecule has 0 unspecified atom stereocenters. The Bertz CT molecular complexity index is 898. The van der Waals surface area contributed by atoms with Gasteiger partial charge in [-0.2, -0.15) is 4.68 Å². The Morgan fingerprint density at radius 1 is 1.18 bits per heavy atom. The van der Waals surface area contributed by atoms with Crippen molar-refractivity contribution in [3.8, 4) is 0 Å². The average Bonchev–Trinajstić information content (AvgIpc) is 2.97. The summed E-state index contributed by atoms with van der Waals surface area (Å²) in [4.78, 5) is 22.4. The maximum atomic E-state index is 12.2. The predicted molar refractivity (Wildman–Crippen MR) is 80.3 cm³/mol. The lowest BCUT2D eigenvalue weighted by Crippen LogP contribution is -2.08. The molecule has 0 bridgehead atoms. The van der Waals surface area contributed by atoms with E-state index in [0.717, 1.165) is 0 Å². The zero-order valence-electron chi connectivity index (χ0n) is 11.3. The van der Waals surface area contributed by atoms with Gasteiger partial charge in [0, 0.05) is 18.2 Å². The number of hydrogen-bond acceptors (Lipinski definition) is 5. The van der Waals surface area contributed by atoms with Crippen LogP contribution in [0.15, 0.2) is 54.6 Å². The summed E-state index contributed by atoms with van der Waals surface area (Å²) in [5.41, 5.74) is 1.77. The minimum atomic E-state index is -0.482. The molecular formula is C15H10N4O3. The van der Waals surface area contributed by atoms with Crippen LogP contribution in [0.5, 0.6) is 0 Å². The number of hydrogen-bond donors (Lipinski definition) is 0. The fourth-order valence-electron chi connectivity index (χ4n) is 2.01. The van der Waals surface area contributed by atoms with Crippen LogP contribution in [0.3, 0.4) is 0 Å². The minimum absolute atomic E-state index is 0.0270. The van der Waals surface area contributed by atoms with Gasteiger partial charge in [-0.05, 0) is 23.8 Å². The number of rotatable bonds is 3. The summed E-state index contributed by atoms with van der Waals surface area (Å²) in [6, 6.07) is 13.1. The number of carbonyl (C=O) groups excluding carboxylic acids is 1. The quantitative estimate of drug-likeness (QED) is 0.421. The van der Waals surface area contributed by atoms with Crippen molar-refractivity contribution in [3.05, 3.63) is 70.3 Å². The first kappa shape index (κ1) is 13.6. The third-order valence-electron chi connectivity index (χ3n) is 3.06. The summed E-state index contributed by atoms with van der Waals surface area (Å²) in [6.07, 6.45) is 2.81. The summed E-state index contributed by atoms with van der Waals surface area (Å²) < 4.78 is 1.18. The van der Waals surface area contributed by atoms with E-state index in [1.165, 1.54) is 29.0 Å². The molecule has 0 aliphatic rings. The van der Waals surface area contributed by atoms with Crippen LogP contribution in [-0.4, -0.2) is 25.8 Å². The first-order chi connectivity index (χ1) is 10.6. The van der Waals surface area contributed by atoms with E-state index in [0.29, 0.717) is 16.6 Å². The molecule has 0 radical (unpaired) electrons. The predicted octanol–water partition coefficient (Wildman–Crippen LogP) is 2.69. The fourth-order valence-corrected chi connectivity index (χ4v) is 2.01. The number of benzene rings is 2. The van der Waals surface area contributed by atoms with Crippen molar-refractivity contribution in [1.82, 2.24) is 15.0 Å². The van der Waals surface area contributed by atoms with Gasteiger partial charge >= 0.3 is 0 Å². The van der Waals surface area contributed by atoms with Gasteiger partial charge < -0.3 is 0 Å². The van der Waals surface area contributed by atoms with Crippen LogP contribution in [0, 0.1) is 10.1 Å². The van der Waals surface area contributed by atoms with E-state index >= 15 is 0 Å². The summed E-state index contributed by atoms with van der Waals surface area (Å²) in [6.45, 7) is 0. The van der Waals surface area contributed by atoms with Crippen molar-refractivity contribution >= 4 is 28.7 Å². The molecule has 0 saturated heterocycles. The average molecular weight is 294 g/mol. The van der Waals surface area contributed by atoms with E-state index in [4.69, 9.17) is 0 Å². The molecule has 0 N–H and O–H groups in total. The molecule has 0 spiro atoms. The molecule has 7 nitrogen and oxygen atoms in total. The molecule has 3 rings (SSSR count). The Labute approximate surface area is 124 Å². The number of fused-ring (bicyclic) bond motifs is 1. The molecule has 7 heteroatoms. The van der Waals surface area contributed by atoms with Crippen LogP contribution in [0.25, 0.3) is 17.1 Å². The molecule has 2 aromatic carbocycles. The standard InChI is InChI=1S/C15H10N4O3/c20-15(18-14-7-2-1-6-13(14)16-17-18)9-8-11-4-3-5-12(10-11)19(21)22/h1-10H/b9-8+. The molecule has 0 amide bonds. The van der Waals surface area contributed by atoms with Crippen molar-refractivity contribution in [2.45, 2.75) is 0 Å². The summed E-state index contributed by atoms with van der Waals surface area (Å²) in [7, 11) is 0. The Morgan fingerprint density at radius 3 is 2.82 bits per heavy atom. The van der Waals surface area contributed by atoms with Gasteiger partial charge in [0.2, 0.25) is 0 Å². The molecule has 0 atom stereocenters. The summed E-state index contributed by atoms with van der Waals surface area (Å²) in [5, 5.41) is 18.4. The summed E-state index contributed by atoms with van der Waals surface area (Å²) >= 11 is 0. The topological polar surface area (TPSA) is 90.9 Å². The zero-order valence-corrected chi connectivity index (χ0v) is 11.3. The van der Waals surface area contributed by atoms with Crippen molar-refractivity contribution in [3.63, 3.8) is 0 Å². The van der Waals surface area contributed by atoms with Crippen LogP contribution in [0.4, 0.5) is 5.69 Å². The summed E-state index contributed by atoms with van der Waals surface area (Å²) in [5.74, 6) is -0.375. The highest BCUT2D eigenvalue weighted by atomic mass is 16.6. The van der Waals surface area contributed by atoms with Gasteiger partial charge in [0.05, 0.1) is 10.4 Å². The van der Waals surface area contributed by atoms with Crippen molar-refractivity contribution in [2.75, 3.05) is 0 Å². The Hall–Kier alpha value is -3.35. The van der Waals surface area contributed by atoms with Gasteiger partial charge in [0.1, 0.15) is 5.52 Å². The van der Waals surface area contributed by atoms with E-state index in [2.05, 4.69) is 10.3 Å². The molecular weight excluding hydrogens is 284 g/mol. The number of nitrogens with zero attached hydrogens (tertiary/aromatic N) is 4. The van der Waals surface area contributed by atoms with Gasteiger partial charge in [0.15, 0.2) is 0 Å². The number of allylic oxidation sites excluding steroid dienone is 1. The molecule has 0 aliphatic carbocycles. The number of aromatic nitrogens is 3. The highest BCUT2D eigenvalue weighted by Gasteiger charge is 2.09. The molecule has 0 saturated carbocycles. The number of para-hydroxylation sites is 1. The third-order valence-corrected chi connectivity index (χ3v) is 3.06. The monoisotopic (exact) mass is 294 g/mol. The number of nitro groups is 1. The van der Waals surface area contributed by atoms with Crippen molar-refractivity contribution in [2.24, 2.45) is 0 Å².